The van der Waals surface area contributed by atoms with Gasteiger partial charge in [-0.2, -0.15) is 5.26 Å². The number of amides is 1. The van der Waals surface area contributed by atoms with Crippen LogP contribution < -0.4 is 15.5 Å². The molecule has 0 aromatic carbocycles. The number of anilines is 3. The minimum atomic E-state index is -0.978. The summed E-state index contributed by atoms with van der Waals surface area (Å²) in [6.45, 7) is 6.98. The first kappa shape index (κ1) is 30.1. The number of nitrogens with two attached hydrogens (primary N) is 1. The summed E-state index contributed by atoms with van der Waals surface area (Å²) in [5, 5.41) is 26.0. The van der Waals surface area contributed by atoms with E-state index in [0.717, 1.165) is 80.4 Å². The fourth-order valence-electron chi connectivity index (χ4n) is 8.60. The number of carbonyl (C=O) groups is 1. The fraction of sp³-hybridized carbons (Fsp3) is 0.606. The number of fused-ring (bicyclic) bond motifs is 5. The van der Waals surface area contributed by atoms with Gasteiger partial charge in [0.05, 0.1) is 29.0 Å². The Morgan fingerprint density at radius 1 is 1.24 bits per heavy atom. The second kappa shape index (κ2) is 10.8. The number of hydrogen-bond acceptors (Lipinski definition) is 11. The number of nitrogens with zero attached hydrogens (tertiary/aromatic N) is 7. The highest BCUT2D eigenvalue weighted by atomic mass is 32.1. The van der Waals surface area contributed by atoms with Crippen molar-refractivity contribution < 1.29 is 14.4 Å². The largest absolute Gasteiger partial charge is 0.389 e. The Morgan fingerprint density at radius 3 is 2.69 bits per heavy atom. The highest BCUT2D eigenvalue weighted by molar-refractivity contribution is 7.16. The summed E-state index contributed by atoms with van der Waals surface area (Å²) in [7, 11) is 4.02. The summed E-state index contributed by atoms with van der Waals surface area (Å²) in [5.74, 6) is 2.47. The highest BCUT2D eigenvalue weighted by Crippen LogP contribution is 2.55. The van der Waals surface area contributed by atoms with E-state index in [2.05, 4.69) is 30.1 Å². The summed E-state index contributed by atoms with van der Waals surface area (Å²) in [4.78, 5) is 31.2. The van der Waals surface area contributed by atoms with E-state index >= 15 is 0 Å². The molecule has 1 fully saturated rings. The zero-order valence-electron chi connectivity index (χ0n) is 26.8. The first-order chi connectivity index (χ1) is 21.4. The second-order valence-corrected chi connectivity index (χ2v) is 15.2. The minimum Gasteiger partial charge on any atom is -0.389 e. The number of aliphatic hydroxyl groups is 1. The van der Waals surface area contributed by atoms with E-state index in [9.17, 15) is 15.2 Å². The Balaban J connectivity index is 1.38. The number of nitrogen functional groups attached to an aromatic ring is 1. The Hall–Kier alpha value is -3.53. The maximum Gasteiger partial charge on any atom is 0.233 e. The molecule has 1 amide bonds. The van der Waals surface area contributed by atoms with Gasteiger partial charge in [0.1, 0.15) is 22.7 Å². The summed E-state index contributed by atoms with van der Waals surface area (Å²) in [6, 6.07) is 2.56. The second-order valence-electron chi connectivity index (χ2n) is 14.1. The third-order valence-electron chi connectivity index (χ3n) is 10.4. The molecule has 238 valence electrons. The van der Waals surface area contributed by atoms with Crippen molar-refractivity contribution in [2.24, 2.45) is 0 Å². The Labute approximate surface area is 268 Å². The molecule has 3 unspecified atom stereocenters. The minimum absolute atomic E-state index is 0.0112. The van der Waals surface area contributed by atoms with E-state index in [0.29, 0.717) is 40.3 Å². The van der Waals surface area contributed by atoms with Gasteiger partial charge in [-0.3, -0.25) is 9.69 Å². The topological polar surface area (TPSA) is 149 Å². The number of likely N-dealkylation sites (tertiary alicyclic amines) is 1. The van der Waals surface area contributed by atoms with Gasteiger partial charge in [-0.25, -0.2) is 9.97 Å². The van der Waals surface area contributed by atoms with Gasteiger partial charge in [0.25, 0.3) is 0 Å². The molecule has 11 nitrogen and oxygen atoms in total. The monoisotopic (exact) mass is 630 g/mol. The van der Waals surface area contributed by atoms with Gasteiger partial charge in [-0.15, -0.1) is 11.3 Å². The van der Waals surface area contributed by atoms with Crippen LogP contribution in [0.4, 0.5) is 16.6 Å². The fourth-order valence-corrected chi connectivity index (χ4v) is 9.76. The predicted octanol–water partition coefficient (Wildman–Crippen LogP) is 4.18. The number of aryl methyl sites for hydroxylation is 1. The summed E-state index contributed by atoms with van der Waals surface area (Å²) in [6.07, 6.45) is 7.64. The van der Waals surface area contributed by atoms with Crippen molar-refractivity contribution in [3.05, 3.63) is 32.9 Å². The average Bonchev–Trinajstić information content (AvgIpc) is 3.75. The van der Waals surface area contributed by atoms with E-state index in [4.69, 9.17) is 20.2 Å². The number of likely N-dealkylation sites (N-methyl/N-ethyl adjacent to an activating group) is 2. The lowest BCUT2D eigenvalue weighted by Gasteiger charge is -2.39. The molecule has 4 aliphatic rings. The first-order valence-corrected chi connectivity index (χ1v) is 16.9. The molecule has 3 aromatic rings. The highest BCUT2D eigenvalue weighted by Gasteiger charge is 2.49. The molecule has 1 saturated heterocycles. The van der Waals surface area contributed by atoms with E-state index in [1.54, 1.807) is 13.8 Å². The predicted molar refractivity (Wildman–Crippen MR) is 174 cm³/mol. The lowest BCUT2D eigenvalue weighted by atomic mass is 9.63. The van der Waals surface area contributed by atoms with Crippen LogP contribution in [0.15, 0.2) is 4.52 Å². The van der Waals surface area contributed by atoms with Crippen LogP contribution in [-0.4, -0.2) is 75.9 Å². The number of nitriles is 1. The summed E-state index contributed by atoms with van der Waals surface area (Å²) >= 11 is 1.53. The van der Waals surface area contributed by atoms with Gasteiger partial charge in [0.2, 0.25) is 5.91 Å². The Bertz CT molecular complexity index is 1710. The summed E-state index contributed by atoms with van der Waals surface area (Å²) in [5.41, 5.74) is 8.86. The summed E-state index contributed by atoms with van der Waals surface area (Å²) < 4.78 is 6.28. The third kappa shape index (κ3) is 4.73. The van der Waals surface area contributed by atoms with Crippen LogP contribution >= 0.6 is 11.3 Å². The lowest BCUT2D eigenvalue weighted by molar-refractivity contribution is -0.118. The smallest absolute Gasteiger partial charge is 0.233 e. The first-order valence-electron chi connectivity index (χ1n) is 16.1. The van der Waals surface area contributed by atoms with Crippen molar-refractivity contribution in [3.8, 4) is 17.6 Å². The van der Waals surface area contributed by atoms with Gasteiger partial charge < -0.3 is 25.2 Å². The molecule has 3 atom stereocenters. The van der Waals surface area contributed by atoms with E-state index in [1.807, 2.05) is 16.8 Å². The molecule has 12 heteroatoms. The maximum atomic E-state index is 13.7. The lowest BCUT2D eigenvalue weighted by Crippen LogP contribution is -2.48. The van der Waals surface area contributed by atoms with Gasteiger partial charge in [-0.05, 0) is 91.3 Å². The van der Waals surface area contributed by atoms with Crippen LogP contribution in [0.2, 0.25) is 0 Å². The number of rotatable bonds is 6. The molecule has 2 aliphatic heterocycles. The number of thiophene rings is 1. The zero-order valence-corrected chi connectivity index (χ0v) is 27.6. The van der Waals surface area contributed by atoms with Crippen molar-refractivity contribution in [2.45, 2.75) is 102 Å². The zero-order chi connectivity index (χ0) is 31.8. The van der Waals surface area contributed by atoms with Crippen LogP contribution in [0.5, 0.6) is 0 Å². The molecule has 0 saturated carbocycles. The van der Waals surface area contributed by atoms with Gasteiger partial charge in [-0.1, -0.05) is 5.16 Å². The molecule has 3 aromatic heterocycles. The average molecular weight is 631 g/mol. The Kier molecular flexibility index (Phi) is 7.22. The van der Waals surface area contributed by atoms with Gasteiger partial charge in [0, 0.05) is 35.6 Å². The van der Waals surface area contributed by atoms with Gasteiger partial charge >= 0.3 is 0 Å². The van der Waals surface area contributed by atoms with E-state index in [-0.39, 0.29) is 24.4 Å². The van der Waals surface area contributed by atoms with Gasteiger partial charge in [0.15, 0.2) is 17.3 Å². The number of carbonyl (C=O) groups excluding carboxylic acids is 1. The molecule has 5 heterocycles. The SMILES string of the molecule is CC(C1CCCN1C)N1C(=O)Cc2c(N(C)CC(C)(C)O)nc(-c3noc4c3CCCC43CCCc4sc(N)c(C#N)c43)nc21. The number of hydrogen-bond donors (Lipinski definition) is 2. The van der Waals surface area contributed by atoms with Crippen LogP contribution in [0.1, 0.15) is 92.2 Å². The Morgan fingerprint density at radius 2 is 2.00 bits per heavy atom. The molecule has 0 bridgehead atoms. The maximum absolute atomic E-state index is 13.7. The van der Waals surface area contributed by atoms with Crippen molar-refractivity contribution in [2.75, 3.05) is 42.7 Å². The standard InChI is InChI=1S/C33H42N8O3S/c1-18(22-10-8-14-39(22)4)41-24(42)15-20-30(40(5)17-32(2,3)43)36-29(37-31(20)41)26-19-9-6-12-33(27(19)44-38-26)13-7-11-23-25(33)21(16-34)28(35)45-23/h18,22,43H,6-15,17,35H2,1-5H3. The molecular formula is C33H42N8O3S. The molecular weight excluding hydrogens is 588 g/mol. The molecule has 1 spiro atoms. The molecule has 45 heavy (non-hydrogen) atoms. The molecule has 0 radical (unpaired) electrons. The van der Waals surface area contributed by atoms with Crippen molar-refractivity contribution in [3.63, 3.8) is 0 Å². The molecule has 3 N–H and O–H groups in total. The normalized spacial score (nSPS) is 23.6. The van der Waals surface area contributed by atoms with E-state index in [1.165, 1.54) is 16.2 Å². The van der Waals surface area contributed by atoms with Crippen molar-refractivity contribution >= 4 is 33.9 Å². The van der Waals surface area contributed by atoms with Crippen LogP contribution in [-0.2, 0) is 29.5 Å². The van der Waals surface area contributed by atoms with Crippen LogP contribution in [0.3, 0.4) is 0 Å². The van der Waals surface area contributed by atoms with Crippen molar-refractivity contribution in [1.82, 2.24) is 20.0 Å². The van der Waals surface area contributed by atoms with Crippen LogP contribution in [0, 0.1) is 11.3 Å². The molecule has 2 aliphatic carbocycles. The number of aromatic nitrogens is 3. The quantitative estimate of drug-likeness (QED) is 0.406. The van der Waals surface area contributed by atoms with E-state index < -0.39 is 11.0 Å². The third-order valence-corrected chi connectivity index (χ3v) is 11.5. The molecule has 7 rings (SSSR count). The van der Waals surface area contributed by atoms with Crippen molar-refractivity contribution in [1.29, 1.82) is 5.26 Å². The van der Waals surface area contributed by atoms with Crippen LogP contribution in [0.25, 0.3) is 11.5 Å².